The number of hydrogen-bond donors (Lipinski definition) is 1. The molecule has 0 aliphatic carbocycles. The average molecular weight is 203 g/mol. The third-order valence-corrected chi connectivity index (χ3v) is 2.00. The number of carboxylic acid groups (broad SMARTS) is 1. The van der Waals surface area contributed by atoms with Gasteiger partial charge in [0.1, 0.15) is 11.5 Å². The van der Waals surface area contributed by atoms with Gasteiger partial charge in [0.2, 0.25) is 5.88 Å². The molecule has 13 heavy (non-hydrogen) atoms. The monoisotopic (exact) mass is 203 g/mol. The molecule has 0 unspecified atom stereocenters. The molecule has 0 aliphatic rings. The third kappa shape index (κ3) is 3.00. The lowest BCUT2D eigenvalue weighted by Crippen LogP contribution is -2.04. The molecule has 72 valence electrons. The zero-order valence-electron chi connectivity index (χ0n) is 7.02. The highest BCUT2D eigenvalue weighted by molar-refractivity contribution is 7.08. The molecule has 1 rings (SSSR count). The molecule has 0 saturated heterocycles. The minimum Gasteiger partial charge on any atom is -0.477 e. The Kier molecular flexibility index (Phi) is 3.66. The number of rotatable bonds is 5. The van der Waals surface area contributed by atoms with Crippen molar-refractivity contribution >= 4 is 17.5 Å². The predicted molar refractivity (Wildman–Crippen MR) is 46.4 cm³/mol. The number of methoxy groups -OCH3 is 1. The van der Waals surface area contributed by atoms with Gasteiger partial charge in [0.15, 0.2) is 0 Å². The summed E-state index contributed by atoms with van der Waals surface area (Å²) < 4.78 is 13.6. The number of nitrogens with zero attached hydrogens (tertiary/aromatic N) is 1. The van der Waals surface area contributed by atoms with Gasteiger partial charge in [-0.2, -0.15) is 4.37 Å². The quantitative estimate of drug-likeness (QED) is 0.719. The molecule has 0 aliphatic heterocycles. The van der Waals surface area contributed by atoms with Crippen molar-refractivity contribution in [2.75, 3.05) is 20.3 Å². The molecule has 0 bridgehead atoms. The lowest BCUT2D eigenvalue weighted by atomic mass is 10.5. The van der Waals surface area contributed by atoms with Crippen LogP contribution in [0.2, 0.25) is 0 Å². The molecule has 0 spiro atoms. The van der Waals surface area contributed by atoms with E-state index in [1.54, 1.807) is 7.11 Å². The highest BCUT2D eigenvalue weighted by Gasteiger charge is 2.08. The molecule has 0 radical (unpaired) electrons. The van der Waals surface area contributed by atoms with Gasteiger partial charge in [-0.1, -0.05) is 0 Å². The fourth-order valence-corrected chi connectivity index (χ4v) is 1.18. The second kappa shape index (κ2) is 4.78. The van der Waals surface area contributed by atoms with Crippen molar-refractivity contribution in [3.63, 3.8) is 0 Å². The topological polar surface area (TPSA) is 68.7 Å². The summed E-state index contributed by atoms with van der Waals surface area (Å²) >= 11 is 0.900. The van der Waals surface area contributed by atoms with E-state index in [-0.39, 0.29) is 4.88 Å². The minimum absolute atomic E-state index is 0.174. The van der Waals surface area contributed by atoms with Crippen LogP contribution in [0.15, 0.2) is 6.07 Å². The Morgan fingerprint density at radius 1 is 1.69 bits per heavy atom. The summed E-state index contributed by atoms with van der Waals surface area (Å²) in [5, 5.41) is 8.56. The number of ether oxygens (including phenoxy) is 2. The Morgan fingerprint density at radius 3 is 3.00 bits per heavy atom. The maximum atomic E-state index is 10.4. The van der Waals surface area contributed by atoms with Gasteiger partial charge in [0.25, 0.3) is 0 Å². The predicted octanol–water partition coefficient (Wildman–Crippen LogP) is 0.867. The van der Waals surface area contributed by atoms with Gasteiger partial charge in [0.05, 0.1) is 6.61 Å². The van der Waals surface area contributed by atoms with Crippen molar-refractivity contribution in [3.05, 3.63) is 10.9 Å². The van der Waals surface area contributed by atoms with Crippen LogP contribution in [0.3, 0.4) is 0 Å². The van der Waals surface area contributed by atoms with E-state index in [1.165, 1.54) is 6.07 Å². The molecule has 1 heterocycles. The lowest BCUT2D eigenvalue weighted by molar-refractivity contribution is 0.0701. The molecule has 6 heteroatoms. The van der Waals surface area contributed by atoms with Crippen LogP contribution >= 0.6 is 11.5 Å². The summed E-state index contributed by atoms with van der Waals surface area (Å²) in [7, 11) is 1.56. The van der Waals surface area contributed by atoms with E-state index in [1.807, 2.05) is 0 Å². The molecule has 0 saturated carbocycles. The second-order valence-electron chi connectivity index (χ2n) is 2.18. The van der Waals surface area contributed by atoms with E-state index < -0.39 is 5.97 Å². The van der Waals surface area contributed by atoms with Crippen LogP contribution in [0.1, 0.15) is 9.67 Å². The Balaban J connectivity index is 2.44. The van der Waals surface area contributed by atoms with Crippen LogP contribution in [0.5, 0.6) is 5.88 Å². The van der Waals surface area contributed by atoms with E-state index in [0.717, 1.165) is 11.5 Å². The average Bonchev–Trinajstić information content (AvgIpc) is 2.53. The Morgan fingerprint density at radius 2 is 2.46 bits per heavy atom. The Hall–Kier alpha value is -1.14. The van der Waals surface area contributed by atoms with Gasteiger partial charge in [-0.15, -0.1) is 0 Å². The first-order valence-electron chi connectivity index (χ1n) is 3.56. The van der Waals surface area contributed by atoms with Crippen LogP contribution in [0.25, 0.3) is 0 Å². The Bertz CT molecular complexity index is 286. The SMILES string of the molecule is COCCOc1cc(C(=O)O)sn1. The van der Waals surface area contributed by atoms with Gasteiger partial charge >= 0.3 is 5.97 Å². The minimum atomic E-state index is -0.987. The molecule has 1 aromatic rings. The van der Waals surface area contributed by atoms with E-state index in [4.69, 9.17) is 14.6 Å². The second-order valence-corrected chi connectivity index (χ2v) is 2.98. The van der Waals surface area contributed by atoms with Crippen LogP contribution in [-0.4, -0.2) is 35.8 Å². The molecule has 0 aromatic carbocycles. The summed E-state index contributed by atoms with van der Waals surface area (Å²) in [6.07, 6.45) is 0. The summed E-state index contributed by atoms with van der Waals surface area (Å²) in [4.78, 5) is 10.6. The van der Waals surface area contributed by atoms with Crippen LogP contribution in [0.4, 0.5) is 0 Å². The first-order chi connectivity index (χ1) is 6.24. The summed E-state index contributed by atoms with van der Waals surface area (Å²) in [5.41, 5.74) is 0. The van der Waals surface area contributed by atoms with Crippen molar-refractivity contribution in [2.45, 2.75) is 0 Å². The number of carboxylic acids is 1. The van der Waals surface area contributed by atoms with Crippen molar-refractivity contribution in [3.8, 4) is 5.88 Å². The smallest absolute Gasteiger partial charge is 0.347 e. The van der Waals surface area contributed by atoms with Crippen molar-refractivity contribution in [1.82, 2.24) is 4.37 Å². The summed E-state index contributed by atoms with van der Waals surface area (Å²) in [6.45, 7) is 0.833. The molecule has 0 amide bonds. The first kappa shape index (κ1) is 9.94. The molecule has 0 fully saturated rings. The molecule has 5 nitrogen and oxygen atoms in total. The number of hydrogen-bond acceptors (Lipinski definition) is 5. The van der Waals surface area contributed by atoms with E-state index in [2.05, 4.69) is 4.37 Å². The molecule has 1 N–H and O–H groups in total. The van der Waals surface area contributed by atoms with Crippen molar-refractivity contribution < 1.29 is 19.4 Å². The normalized spacial score (nSPS) is 9.92. The van der Waals surface area contributed by atoms with Crippen molar-refractivity contribution in [1.29, 1.82) is 0 Å². The van der Waals surface area contributed by atoms with Crippen LogP contribution in [0, 0.1) is 0 Å². The molecule has 1 aromatic heterocycles. The lowest BCUT2D eigenvalue weighted by Gasteiger charge is -1.99. The maximum absolute atomic E-state index is 10.4. The summed E-state index contributed by atoms with van der Waals surface area (Å²) in [5.74, 6) is -0.654. The van der Waals surface area contributed by atoms with E-state index in [9.17, 15) is 4.79 Å². The zero-order chi connectivity index (χ0) is 9.68. The summed E-state index contributed by atoms with van der Waals surface area (Å²) in [6, 6.07) is 1.39. The number of aromatic nitrogens is 1. The largest absolute Gasteiger partial charge is 0.477 e. The van der Waals surface area contributed by atoms with Gasteiger partial charge in [-0.05, 0) is 11.5 Å². The highest BCUT2D eigenvalue weighted by atomic mass is 32.1. The zero-order valence-corrected chi connectivity index (χ0v) is 7.84. The maximum Gasteiger partial charge on any atom is 0.347 e. The van der Waals surface area contributed by atoms with Gasteiger partial charge in [0, 0.05) is 13.2 Å². The van der Waals surface area contributed by atoms with Gasteiger partial charge in [-0.25, -0.2) is 4.79 Å². The third-order valence-electron chi connectivity index (χ3n) is 1.24. The molecular weight excluding hydrogens is 194 g/mol. The van der Waals surface area contributed by atoms with Gasteiger partial charge in [-0.3, -0.25) is 0 Å². The Labute approximate surface area is 79.1 Å². The standard InChI is InChI=1S/C7H9NO4S/c1-11-2-3-12-6-4-5(7(9)10)13-8-6/h4H,2-3H2,1H3,(H,9,10). The molecular formula is C7H9NO4S. The number of aromatic carboxylic acids is 1. The first-order valence-corrected chi connectivity index (χ1v) is 4.33. The number of carbonyl (C=O) groups is 1. The van der Waals surface area contributed by atoms with Crippen molar-refractivity contribution in [2.24, 2.45) is 0 Å². The molecule has 0 atom stereocenters. The fraction of sp³-hybridized carbons (Fsp3) is 0.429. The van der Waals surface area contributed by atoms with Crippen LogP contribution in [-0.2, 0) is 4.74 Å². The fourth-order valence-electron chi connectivity index (χ4n) is 0.657. The van der Waals surface area contributed by atoms with Gasteiger partial charge < -0.3 is 14.6 Å². The van der Waals surface area contributed by atoms with Crippen LogP contribution < -0.4 is 4.74 Å². The van der Waals surface area contributed by atoms with E-state index >= 15 is 0 Å². The van der Waals surface area contributed by atoms with E-state index in [0.29, 0.717) is 19.1 Å². The highest BCUT2D eigenvalue weighted by Crippen LogP contribution is 2.15.